The number of rotatable bonds is 8. The van der Waals surface area contributed by atoms with Gasteiger partial charge in [-0.3, -0.25) is 9.69 Å². The van der Waals surface area contributed by atoms with E-state index in [4.69, 9.17) is 9.15 Å². The molecule has 1 saturated heterocycles. The van der Waals surface area contributed by atoms with Crippen LogP contribution in [0.2, 0.25) is 0 Å². The summed E-state index contributed by atoms with van der Waals surface area (Å²) in [4.78, 5) is 16.0. The van der Waals surface area contributed by atoms with Crippen LogP contribution in [-0.2, 0) is 4.74 Å². The number of hydrogen-bond donors (Lipinski definition) is 3. The molecule has 3 N–H and O–H groups in total. The predicted octanol–water partition coefficient (Wildman–Crippen LogP) is -1.01. The molecule has 24 heavy (non-hydrogen) atoms. The van der Waals surface area contributed by atoms with Crippen molar-refractivity contribution in [2.45, 2.75) is 24.4 Å². The van der Waals surface area contributed by atoms with E-state index in [1.54, 1.807) is 12.1 Å². The van der Waals surface area contributed by atoms with E-state index in [1.807, 2.05) is 26.0 Å². The molecule has 0 unspecified atom stereocenters. The summed E-state index contributed by atoms with van der Waals surface area (Å²) in [5.41, 5.74) is 0. The van der Waals surface area contributed by atoms with Gasteiger partial charge in [0.1, 0.15) is 12.2 Å². The molecule has 0 radical (unpaired) electrons. The Morgan fingerprint density at radius 3 is 2.62 bits per heavy atom. The van der Waals surface area contributed by atoms with Crippen LogP contribution in [0.5, 0.6) is 0 Å². The number of nitrogens with zero attached hydrogens (tertiary/aromatic N) is 2. The number of carbonyl (C=O) groups excluding carboxylic acids is 1. The van der Waals surface area contributed by atoms with Crippen molar-refractivity contribution in [3.63, 3.8) is 0 Å². The Morgan fingerprint density at radius 2 is 2.04 bits per heavy atom. The summed E-state index contributed by atoms with van der Waals surface area (Å²) >= 11 is 0. The second-order valence-corrected chi connectivity index (χ2v) is 6.35. The highest BCUT2D eigenvalue weighted by molar-refractivity contribution is 5.91. The standard InChI is InChI=1S/C16H27N3O5/c1-18(2)6-7-19(3)14-12(24-13(10-20)15(14)21)9-17-16(22)11-5-4-8-23-11/h4-5,8,12-15,20-21H,6-7,9-10H2,1-3H3,(H,17,22)/t12-,13+,14-,15-/m1/s1. The molecule has 2 heterocycles. The lowest BCUT2D eigenvalue weighted by molar-refractivity contribution is -0.0209. The average molecular weight is 341 g/mol. The first-order valence-electron chi connectivity index (χ1n) is 8.05. The molecule has 136 valence electrons. The van der Waals surface area contributed by atoms with E-state index in [9.17, 15) is 15.0 Å². The lowest BCUT2D eigenvalue weighted by Crippen LogP contribution is -2.51. The molecule has 0 saturated carbocycles. The van der Waals surface area contributed by atoms with Crippen LogP contribution in [0.4, 0.5) is 0 Å². The minimum Gasteiger partial charge on any atom is -0.459 e. The molecule has 0 aliphatic carbocycles. The molecule has 8 nitrogen and oxygen atoms in total. The summed E-state index contributed by atoms with van der Waals surface area (Å²) in [6, 6.07) is 2.92. The van der Waals surface area contributed by atoms with Gasteiger partial charge in [-0.2, -0.15) is 0 Å². The predicted molar refractivity (Wildman–Crippen MR) is 87.8 cm³/mol. The molecule has 2 rings (SSSR count). The topological polar surface area (TPSA) is 98.4 Å². The van der Waals surface area contributed by atoms with Crippen molar-refractivity contribution >= 4 is 5.91 Å². The normalized spacial score (nSPS) is 27.1. The van der Waals surface area contributed by atoms with Crippen LogP contribution in [0, 0.1) is 0 Å². The molecule has 0 bridgehead atoms. The average Bonchev–Trinajstić information content (AvgIpc) is 3.18. The molecule has 4 atom stereocenters. The third-order valence-electron chi connectivity index (χ3n) is 4.26. The molecule has 1 aliphatic rings. The van der Waals surface area contributed by atoms with Gasteiger partial charge < -0.3 is 29.6 Å². The Labute approximate surface area is 142 Å². The number of aliphatic hydroxyl groups is 2. The van der Waals surface area contributed by atoms with Gasteiger partial charge in [-0.05, 0) is 33.3 Å². The Bertz CT molecular complexity index is 508. The monoisotopic (exact) mass is 341 g/mol. The molecule has 1 aromatic rings. The van der Waals surface area contributed by atoms with E-state index >= 15 is 0 Å². The maximum absolute atomic E-state index is 12.0. The van der Waals surface area contributed by atoms with Crippen molar-refractivity contribution in [2.24, 2.45) is 0 Å². The minimum absolute atomic E-state index is 0.226. The Balaban J connectivity index is 1.97. The van der Waals surface area contributed by atoms with Crippen LogP contribution in [0.15, 0.2) is 22.8 Å². The summed E-state index contributed by atoms with van der Waals surface area (Å²) in [5.74, 6) is -0.106. The Hall–Kier alpha value is -1.45. The lowest BCUT2D eigenvalue weighted by atomic mass is 10.0. The number of nitrogens with one attached hydrogen (secondary N) is 1. The van der Waals surface area contributed by atoms with Gasteiger partial charge in [-0.25, -0.2) is 0 Å². The first kappa shape index (κ1) is 18.9. The van der Waals surface area contributed by atoms with Crippen molar-refractivity contribution in [1.29, 1.82) is 0 Å². The van der Waals surface area contributed by atoms with Crippen LogP contribution >= 0.6 is 0 Å². The van der Waals surface area contributed by atoms with E-state index in [2.05, 4.69) is 10.2 Å². The molecule has 1 aliphatic heterocycles. The van der Waals surface area contributed by atoms with E-state index in [-0.39, 0.29) is 30.9 Å². The van der Waals surface area contributed by atoms with Gasteiger partial charge in [0.05, 0.1) is 25.0 Å². The van der Waals surface area contributed by atoms with Crippen LogP contribution < -0.4 is 5.32 Å². The molecule has 1 fully saturated rings. The van der Waals surface area contributed by atoms with Gasteiger partial charge in [0.25, 0.3) is 5.91 Å². The zero-order chi connectivity index (χ0) is 17.7. The van der Waals surface area contributed by atoms with Crippen molar-refractivity contribution in [3.8, 4) is 0 Å². The summed E-state index contributed by atoms with van der Waals surface area (Å²) in [5, 5.41) is 22.6. The van der Waals surface area contributed by atoms with Gasteiger partial charge in [-0.1, -0.05) is 0 Å². The molecular formula is C16H27N3O5. The highest BCUT2D eigenvalue weighted by Crippen LogP contribution is 2.24. The zero-order valence-electron chi connectivity index (χ0n) is 14.4. The number of hydrogen-bond acceptors (Lipinski definition) is 7. The molecule has 0 aromatic carbocycles. The molecule has 1 aromatic heterocycles. The van der Waals surface area contributed by atoms with Crippen molar-refractivity contribution in [3.05, 3.63) is 24.2 Å². The van der Waals surface area contributed by atoms with Crippen molar-refractivity contribution < 1.29 is 24.2 Å². The fourth-order valence-electron chi connectivity index (χ4n) is 2.88. The maximum Gasteiger partial charge on any atom is 0.287 e. The second-order valence-electron chi connectivity index (χ2n) is 6.35. The van der Waals surface area contributed by atoms with Crippen LogP contribution in [0.3, 0.4) is 0 Å². The van der Waals surface area contributed by atoms with E-state index in [1.165, 1.54) is 6.26 Å². The van der Waals surface area contributed by atoms with Gasteiger partial charge in [0.15, 0.2) is 5.76 Å². The summed E-state index contributed by atoms with van der Waals surface area (Å²) < 4.78 is 10.8. The number of furan rings is 1. The Morgan fingerprint density at radius 1 is 1.29 bits per heavy atom. The van der Waals surface area contributed by atoms with Crippen LogP contribution in [0.1, 0.15) is 10.6 Å². The van der Waals surface area contributed by atoms with Gasteiger partial charge in [0, 0.05) is 19.6 Å². The number of ether oxygens (including phenoxy) is 1. The van der Waals surface area contributed by atoms with Gasteiger partial charge in [-0.15, -0.1) is 0 Å². The summed E-state index contributed by atoms with van der Waals surface area (Å²) in [7, 11) is 5.86. The number of aliphatic hydroxyl groups excluding tert-OH is 2. The smallest absolute Gasteiger partial charge is 0.287 e. The van der Waals surface area contributed by atoms with E-state index in [0.717, 1.165) is 13.1 Å². The van der Waals surface area contributed by atoms with Crippen LogP contribution in [0.25, 0.3) is 0 Å². The fourth-order valence-corrected chi connectivity index (χ4v) is 2.88. The van der Waals surface area contributed by atoms with E-state index in [0.29, 0.717) is 0 Å². The fraction of sp³-hybridized carbons (Fsp3) is 0.688. The molecule has 1 amide bonds. The van der Waals surface area contributed by atoms with Crippen molar-refractivity contribution in [1.82, 2.24) is 15.1 Å². The number of carbonyl (C=O) groups is 1. The SMILES string of the molecule is CN(C)CCN(C)[C@H]1[C@H](O)[C@H](CO)O[C@@H]1CNC(=O)c1ccco1. The van der Waals surface area contributed by atoms with E-state index < -0.39 is 18.3 Å². The quantitative estimate of drug-likeness (QED) is 0.557. The highest BCUT2D eigenvalue weighted by Gasteiger charge is 2.45. The second kappa shape index (κ2) is 8.59. The molecule has 8 heteroatoms. The third-order valence-corrected chi connectivity index (χ3v) is 4.26. The lowest BCUT2D eigenvalue weighted by Gasteiger charge is -2.31. The maximum atomic E-state index is 12.0. The summed E-state index contributed by atoms with van der Waals surface area (Å²) in [6.07, 6.45) is -0.442. The van der Waals surface area contributed by atoms with Crippen LogP contribution in [-0.4, -0.2) is 97.7 Å². The Kier molecular flexibility index (Phi) is 6.76. The third kappa shape index (κ3) is 4.55. The zero-order valence-corrected chi connectivity index (χ0v) is 14.4. The van der Waals surface area contributed by atoms with Gasteiger partial charge >= 0.3 is 0 Å². The molecular weight excluding hydrogens is 314 g/mol. The first-order valence-corrected chi connectivity index (χ1v) is 8.05. The highest BCUT2D eigenvalue weighted by atomic mass is 16.5. The minimum atomic E-state index is -0.812. The molecule has 0 spiro atoms. The largest absolute Gasteiger partial charge is 0.459 e. The van der Waals surface area contributed by atoms with Gasteiger partial charge in [0.2, 0.25) is 0 Å². The summed E-state index contributed by atoms with van der Waals surface area (Å²) in [6.45, 7) is 1.53. The number of amides is 1. The van der Waals surface area contributed by atoms with Crippen molar-refractivity contribution in [2.75, 3.05) is 47.4 Å². The number of likely N-dealkylation sites (N-methyl/N-ethyl adjacent to an activating group) is 2. The first-order chi connectivity index (χ1) is 11.4.